The molecular formula is C10H16N2O2. The fourth-order valence-corrected chi connectivity index (χ4v) is 1.35. The Morgan fingerprint density at radius 1 is 1.57 bits per heavy atom. The first-order valence-corrected chi connectivity index (χ1v) is 5.11. The first-order chi connectivity index (χ1) is 6.88. The zero-order valence-corrected chi connectivity index (χ0v) is 8.24. The fourth-order valence-electron chi connectivity index (χ4n) is 1.35. The zero-order valence-electron chi connectivity index (χ0n) is 8.24. The number of ether oxygens (including phenoxy) is 1. The molecule has 1 aromatic heterocycles. The summed E-state index contributed by atoms with van der Waals surface area (Å²) in [5.41, 5.74) is 6.19. The summed E-state index contributed by atoms with van der Waals surface area (Å²) in [6.07, 6.45) is 3.93. The van der Waals surface area contributed by atoms with Crippen LogP contribution in [0.2, 0.25) is 0 Å². The molecule has 0 radical (unpaired) electrons. The first kappa shape index (κ1) is 9.68. The van der Waals surface area contributed by atoms with E-state index in [9.17, 15) is 0 Å². The van der Waals surface area contributed by atoms with Gasteiger partial charge in [0.15, 0.2) is 5.76 Å². The Balaban J connectivity index is 1.63. The molecule has 78 valence electrons. The molecular weight excluding hydrogens is 180 g/mol. The SMILES string of the molecule is NCc1cc(COCCC2CC2)on1. The van der Waals surface area contributed by atoms with E-state index in [1.807, 2.05) is 6.07 Å². The maximum absolute atomic E-state index is 5.45. The Labute approximate surface area is 83.4 Å². The second-order valence-electron chi connectivity index (χ2n) is 3.77. The molecule has 0 spiro atoms. The number of hydrogen-bond donors (Lipinski definition) is 1. The summed E-state index contributed by atoms with van der Waals surface area (Å²) in [6.45, 7) is 1.76. The van der Waals surface area contributed by atoms with Crippen molar-refractivity contribution in [3.8, 4) is 0 Å². The molecule has 4 heteroatoms. The van der Waals surface area contributed by atoms with Gasteiger partial charge in [0.2, 0.25) is 0 Å². The molecule has 4 nitrogen and oxygen atoms in total. The highest BCUT2D eigenvalue weighted by Gasteiger charge is 2.20. The van der Waals surface area contributed by atoms with E-state index in [2.05, 4.69) is 5.16 Å². The van der Waals surface area contributed by atoms with Gasteiger partial charge in [0.05, 0.1) is 5.69 Å². The Morgan fingerprint density at radius 2 is 2.43 bits per heavy atom. The van der Waals surface area contributed by atoms with Crippen molar-refractivity contribution < 1.29 is 9.26 Å². The van der Waals surface area contributed by atoms with Crippen LogP contribution in [0.5, 0.6) is 0 Å². The molecule has 0 saturated heterocycles. The predicted molar refractivity (Wildman–Crippen MR) is 51.4 cm³/mol. The van der Waals surface area contributed by atoms with Crippen LogP contribution in [0.25, 0.3) is 0 Å². The highest BCUT2D eigenvalue weighted by molar-refractivity contribution is 5.03. The number of nitrogens with two attached hydrogens (primary N) is 1. The van der Waals surface area contributed by atoms with E-state index >= 15 is 0 Å². The van der Waals surface area contributed by atoms with Crippen LogP contribution in [0.4, 0.5) is 0 Å². The van der Waals surface area contributed by atoms with Gasteiger partial charge in [-0.25, -0.2) is 0 Å². The van der Waals surface area contributed by atoms with Crippen molar-refractivity contribution in [1.29, 1.82) is 0 Å². The molecule has 2 rings (SSSR count). The third-order valence-electron chi connectivity index (χ3n) is 2.43. The van der Waals surface area contributed by atoms with Gasteiger partial charge >= 0.3 is 0 Å². The Bertz CT molecular complexity index is 281. The van der Waals surface area contributed by atoms with E-state index in [1.165, 1.54) is 19.3 Å². The normalized spacial score (nSPS) is 16.1. The van der Waals surface area contributed by atoms with Gasteiger partial charge in [-0.15, -0.1) is 0 Å². The molecule has 14 heavy (non-hydrogen) atoms. The van der Waals surface area contributed by atoms with Crippen LogP contribution < -0.4 is 5.73 Å². The second-order valence-corrected chi connectivity index (χ2v) is 3.77. The molecule has 2 N–H and O–H groups in total. The van der Waals surface area contributed by atoms with Crippen molar-refractivity contribution in [3.05, 3.63) is 17.5 Å². The van der Waals surface area contributed by atoms with E-state index in [1.54, 1.807) is 0 Å². The van der Waals surface area contributed by atoms with Gasteiger partial charge in [0, 0.05) is 19.2 Å². The van der Waals surface area contributed by atoms with E-state index in [0.29, 0.717) is 13.2 Å². The monoisotopic (exact) mass is 196 g/mol. The van der Waals surface area contributed by atoms with Crippen molar-refractivity contribution in [3.63, 3.8) is 0 Å². The molecule has 1 aliphatic rings. The van der Waals surface area contributed by atoms with Gasteiger partial charge in [-0.05, 0) is 12.3 Å². The van der Waals surface area contributed by atoms with Gasteiger partial charge in [-0.2, -0.15) is 0 Å². The molecule has 1 fully saturated rings. The van der Waals surface area contributed by atoms with Crippen LogP contribution in [0, 0.1) is 5.92 Å². The lowest BCUT2D eigenvalue weighted by Gasteiger charge is -1.99. The molecule has 0 aromatic carbocycles. The molecule has 0 unspecified atom stereocenters. The number of aromatic nitrogens is 1. The summed E-state index contributed by atoms with van der Waals surface area (Å²) in [7, 11) is 0. The number of nitrogens with zero attached hydrogens (tertiary/aromatic N) is 1. The highest BCUT2D eigenvalue weighted by Crippen LogP contribution is 2.32. The minimum Gasteiger partial charge on any atom is -0.373 e. The minimum atomic E-state index is 0.422. The average molecular weight is 196 g/mol. The number of rotatable bonds is 6. The minimum absolute atomic E-state index is 0.422. The largest absolute Gasteiger partial charge is 0.373 e. The van der Waals surface area contributed by atoms with Gasteiger partial charge in [0.1, 0.15) is 6.61 Å². The molecule has 0 aliphatic heterocycles. The molecule has 1 heterocycles. The summed E-state index contributed by atoms with van der Waals surface area (Å²) in [5.74, 6) is 1.69. The third kappa shape index (κ3) is 2.82. The van der Waals surface area contributed by atoms with Crippen molar-refractivity contribution in [2.24, 2.45) is 11.7 Å². The average Bonchev–Trinajstić information content (AvgIpc) is 2.91. The smallest absolute Gasteiger partial charge is 0.162 e. The van der Waals surface area contributed by atoms with Crippen LogP contribution >= 0.6 is 0 Å². The summed E-state index contributed by atoms with van der Waals surface area (Å²) in [5, 5.41) is 3.78. The maximum Gasteiger partial charge on any atom is 0.162 e. The van der Waals surface area contributed by atoms with Gasteiger partial charge in [0.25, 0.3) is 0 Å². The van der Waals surface area contributed by atoms with Crippen molar-refractivity contribution in [1.82, 2.24) is 5.16 Å². The predicted octanol–water partition coefficient (Wildman–Crippen LogP) is 1.45. The maximum atomic E-state index is 5.45. The van der Waals surface area contributed by atoms with E-state index in [-0.39, 0.29) is 0 Å². The third-order valence-corrected chi connectivity index (χ3v) is 2.43. The van der Waals surface area contributed by atoms with Gasteiger partial charge in [-0.3, -0.25) is 0 Å². The van der Waals surface area contributed by atoms with E-state index < -0.39 is 0 Å². The lowest BCUT2D eigenvalue weighted by molar-refractivity contribution is 0.0961. The van der Waals surface area contributed by atoms with Gasteiger partial charge < -0.3 is 15.0 Å². The molecule has 0 atom stereocenters. The van der Waals surface area contributed by atoms with E-state index in [4.69, 9.17) is 15.0 Å². The van der Waals surface area contributed by atoms with Crippen LogP contribution in [0.3, 0.4) is 0 Å². The zero-order chi connectivity index (χ0) is 9.80. The molecule has 1 saturated carbocycles. The standard InChI is InChI=1S/C10H16N2O2/c11-6-9-5-10(14-12-9)7-13-4-3-8-1-2-8/h5,8H,1-4,6-7,11H2. The van der Waals surface area contributed by atoms with Gasteiger partial charge in [-0.1, -0.05) is 18.0 Å². The van der Waals surface area contributed by atoms with Crippen molar-refractivity contribution in [2.45, 2.75) is 32.4 Å². The molecule has 0 bridgehead atoms. The summed E-state index contributed by atoms with van der Waals surface area (Å²) < 4.78 is 10.5. The van der Waals surface area contributed by atoms with Crippen LogP contribution in [0.15, 0.2) is 10.6 Å². The van der Waals surface area contributed by atoms with Crippen LogP contribution in [-0.2, 0) is 17.9 Å². The topological polar surface area (TPSA) is 61.3 Å². The van der Waals surface area contributed by atoms with Crippen LogP contribution in [-0.4, -0.2) is 11.8 Å². The lowest BCUT2D eigenvalue weighted by atomic mass is 10.3. The van der Waals surface area contributed by atoms with E-state index in [0.717, 1.165) is 24.0 Å². The summed E-state index contributed by atoms with van der Waals surface area (Å²) >= 11 is 0. The van der Waals surface area contributed by atoms with Crippen LogP contribution in [0.1, 0.15) is 30.7 Å². The lowest BCUT2D eigenvalue weighted by Crippen LogP contribution is -1.96. The molecule has 0 amide bonds. The number of hydrogen-bond acceptors (Lipinski definition) is 4. The summed E-state index contributed by atoms with van der Waals surface area (Å²) in [6, 6.07) is 1.84. The Morgan fingerprint density at radius 3 is 3.07 bits per heavy atom. The second kappa shape index (κ2) is 4.57. The summed E-state index contributed by atoms with van der Waals surface area (Å²) in [4.78, 5) is 0. The Kier molecular flexibility index (Phi) is 3.16. The molecule has 1 aliphatic carbocycles. The first-order valence-electron chi connectivity index (χ1n) is 5.11. The van der Waals surface area contributed by atoms with Crippen molar-refractivity contribution in [2.75, 3.05) is 6.61 Å². The highest BCUT2D eigenvalue weighted by atomic mass is 16.5. The van der Waals surface area contributed by atoms with Crippen molar-refractivity contribution >= 4 is 0 Å². The Hall–Kier alpha value is -0.870. The quantitative estimate of drug-likeness (QED) is 0.699. The fraction of sp³-hybridized carbons (Fsp3) is 0.700. The molecule has 1 aromatic rings.